The molecule has 0 N–H and O–H groups in total. The van der Waals surface area contributed by atoms with Crippen LogP contribution in [0.1, 0.15) is 77.0 Å². The molecule has 0 aromatic heterocycles. The van der Waals surface area contributed by atoms with Gasteiger partial charge in [0.15, 0.2) is 0 Å². The summed E-state index contributed by atoms with van der Waals surface area (Å²) in [5, 5.41) is 0. The van der Waals surface area contributed by atoms with Gasteiger partial charge in [0.2, 0.25) is 0 Å². The zero-order valence-corrected chi connectivity index (χ0v) is 10.5. The second kappa shape index (κ2) is 6.42. The molecule has 0 aromatic carbocycles. The molecular formula is C15H26O. The van der Waals surface area contributed by atoms with Crippen LogP contribution in [0.25, 0.3) is 0 Å². The van der Waals surface area contributed by atoms with Crippen molar-refractivity contribution >= 4 is 5.78 Å². The summed E-state index contributed by atoms with van der Waals surface area (Å²) in [5.74, 6) is 2.04. The molecule has 2 saturated carbocycles. The van der Waals surface area contributed by atoms with Crippen LogP contribution in [-0.2, 0) is 4.79 Å². The van der Waals surface area contributed by atoms with E-state index in [9.17, 15) is 4.79 Å². The van der Waals surface area contributed by atoms with Gasteiger partial charge < -0.3 is 0 Å². The Balaban J connectivity index is 1.86. The van der Waals surface area contributed by atoms with E-state index in [4.69, 9.17) is 0 Å². The van der Waals surface area contributed by atoms with Gasteiger partial charge in [-0.05, 0) is 18.3 Å². The first-order valence-corrected chi connectivity index (χ1v) is 7.36. The van der Waals surface area contributed by atoms with Gasteiger partial charge in [0.25, 0.3) is 0 Å². The van der Waals surface area contributed by atoms with Crippen LogP contribution in [0.4, 0.5) is 0 Å². The number of hydrogen-bond acceptors (Lipinski definition) is 1. The van der Waals surface area contributed by atoms with Gasteiger partial charge in [-0.2, -0.15) is 0 Å². The second-order valence-corrected chi connectivity index (χ2v) is 5.97. The number of carbonyl (C=O) groups excluding carboxylic acids is 1. The molecule has 1 nitrogen and oxygen atoms in total. The van der Waals surface area contributed by atoms with Crippen molar-refractivity contribution in [2.45, 2.75) is 77.0 Å². The Morgan fingerprint density at radius 1 is 0.688 bits per heavy atom. The van der Waals surface area contributed by atoms with E-state index in [1.807, 2.05) is 0 Å². The van der Waals surface area contributed by atoms with E-state index >= 15 is 0 Å². The molecule has 2 atom stereocenters. The summed E-state index contributed by atoms with van der Waals surface area (Å²) in [5.41, 5.74) is 0. The standard InChI is InChI=1S/C15H26O/c16-15-11-13-8-6-4-2-1-3-5-7-9-14(10-13)12-15/h13-14H,1-12H2/t13-,14+. The van der Waals surface area contributed by atoms with E-state index in [2.05, 4.69) is 0 Å². The van der Waals surface area contributed by atoms with Crippen molar-refractivity contribution in [1.82, 2.24) is 0 Å². The smallest absolute Gasteiger partial charge is 0.133 e. The fraction of sp³-hybridized carbons (Fsp3) is 0.933. The van der Waals surface area contributed by atoms with Crippen LogP contribution < -0.4 is 0 Å². The molecule has 0 amide bonds. The average molecular weight is 222 g/mol. The molecule has 1 heteroatoms. The first-order valence-electron chi connectivity index (χ1n) is 7.36. The number of fused-ring (bicyclic) bond motifs is 2. The van der Waals surface area contributed by atoms with Crippen molar-refractivity contribution in [3.05, 3.63) is 0 Å². The van der Waals surface area contributed by atoms with Gasteiger partial charge in [0.1, 0.15) is 5.78 Å². The Morgan fingerprint density at radius 2 is 1.12 bits per heavy atom. The largest absolute Gasteiger partial charge is 0.300 e. The van der Waals surface area contributed by atoms with Gasteiger partial charge in [0.05, 0.1) is 0 Å². The highest BCUT2D eigenvalue weighted by Crippen LogP contribution is 2.34. The number of hydrogen-bond donors (Lipinski definition) is 0. The van der Waals surface area contributed by atoms with E-state index in [-0.39, 0.29) is 0 Å². The number of rotatable bonds is 0. The lowest BCUT2D eigenvalue weighted by Crippen LogP contribution is -2.23. The number of Topliss-reactive ketones (excluding diaryl/α,β-unsaturated/α-hetero) is 1. The lowest BCUT2D eigenvalue weighted by atomic mass is 9.76. The molecular weight excluding hydrogens is 196 g/mol. The fourth-order valence-corrected chi connectivity index (χ4v) is 3.56. The maximum atomic E-state index is 11.7. The monoisotopic (exact) mass is 222 g/mol. The minimum absolute atomic E-state index is 0.554. The Bertz CT molecular complexity index is 201. The van der Waals surface area contributed by atoms with Crippen LogP contribution in [-0.4, -0.2) is 5.78 Å². The summed E-state index contributed by atoms with van der Waals surface area (Å²) in [6.07, 6.45) is 15.6. The van der Waals surface area contributed by atoms with Crippen LogP contribution in [0.2, 0.25) is 0 Å². The van der Waals surface area contributed by atoms with E-state index in [1.54, 1.807) is 0 Å². The molecule has 92 valence electrons. The fourth-order valence-electron chi connectivity index (χ4n) is 3.56. The third-order valence-electron chi connectivity index (χ3n) is 4.42. The van der Waals surface area contributed by atoms with E-state index in [0.717, 1.165) is 24.7 Å². The molecule has 0 spiro atoms. The predicted molar refractivity (Wildman–Crippen MR) is 67.4 cm³/mol. The van der Waals surface area contributed by atoms with Crippen LogP contribution in [0.15, 0.2) is 0 Å². The van der Waals surface area contributed by atoms with Crippen molar-refractivity contribution in [3.8, 4) is 0 Å². The predicted octanol–water partition coefficient (Wildman–Crippen LogP) is 4.50. The highest BCUT2D eigenvalue weighted by Gasteiger charge is 2.26. The maximum Gasteiger partial charge on any atom is 0.133 e. The van der Waals surface area contributed by atoms with Crippen molar-refractivity contribution in [2.24, 2.45) is 11.8 Å². The van der Waals surface area contributed by atoms with E-state index in [0.29, 0.717) is 5.78 Å². The summed E-state index contributed by atoms with van der Waals surface area (Å²) < 4.78 is 0. The Morgan fingerprint density at radius 3 is 1.62 bits per heavy atom. The first kappa shape index (κ1) is 12.1. The van der Waals surface area contributed by atoms with Crippen molar-refractivity contribution in [1.29, 1.82) is 0 Å². The van der Waals surface area contributed by atoms with Crippen molar-refractivity contribution in [2.75, 3.05) is 0 Å². The van der Waals surface area contributed by atoms with Gasteiger partial charge in [-0.1, -0.05) is 57.8 Å². The molecule has 16 heavy (non-hydrogen) atoms. The SMILES string of the molecule is O=C1C[C@H]2CCCCCCCCC[C@@H](C1)C2. The van der Waals surface area contributed by atoms with Gasteiger partial charge in [0, 0.05) is 12.8 Å². The highest BCUT2D eigenvalue weighted by molar-refractivity contribution is 5.79. The third-order valence-corrected chi connectivity index (χ3v) is 4.42. The summed E-state index contributed by atoms with van der Waals surface area (Å²) in [7, 11) is 0. The van der Waals surface area contributed by atoms with Crippen LogP contribution in [0.5, 0.6) is 0 Å². The van der Waals surface area contributed by atoms with Crippen LogP contribution >= 0.6 is 0 Å². The molecule has 2 rings (SSSR count). The lowest BCUT2D eigenvalue weighted by Gasteiger charge is -2.28. The molecule has 0 heterocycles. The molecule has 0 aromatic rings. The summed E-state index contributed by atoms with van der Waals surface area (Å²) in [6, 6.07) is 0. The molecule has 2 bridgehead atoms. The van der Waals surface area contributed by atoms with E-state index in [1.165, 1.54) is 64.2 Å². The average Bonchev–Trinajstić information content (AvgIpc) is 2.24. The third kappa shape index (κ3) is 3.92. The molecule has 0 radical (unpaired) electrons. The number of ketones is 1. The summed E-state index contributed by atoms with van der Waals surface area (Å²) >= 11 is 0. The second-order valence-electron chi connectivity index (χ2n) is 5.97. The van der Waals surface area contributed by atoms with Gasteiger partial charge >= 0.3 is 0 Å². The quantitative estimate of drug-likeness (QED) is 0.590. The zero-order chi connectivity index (χ0) is 11.2. The topological polar surface area (TPSA) is 17.1 Å². The first-order chi connectivity index (χ1) is 7.84. The lowest BCUT2D eigenvalue weighted by molar-refractivity contribution is -0.123. The minimum atomic E-state index is 0.554. The maximum absolute atomic E-state index is 11.7. The molecule has 0 aliphatic heterocycles. The number of carbonyl (C=O) groups is 1. The molecule has 0 saturated heterocycles. The van der Waals surface area contributed by atoms with Gasteiger partial charge in [-0.25, -0.2) is 0 Å². The van der Waals surface area contributed by atoms with Crippen molar-refractivity contribution < 1.29 is 4.79 Å². The molecule has 0 unspecified atom stereocenters. The summed E-state index contributed by atoms with van der Waals surface area (Å²) in [6.45, 7) is 0. The summed E-state index contributed by atoms with van der Waals surface area (Å²) in [4.78, 5) is 11.7. The Labute approximate surface area is 100.0 Å². The molecule has 2 aliphatic carbocycles. The van der Waals surface area contributed by atoms with E-state index < -0.39 is 0 Å². The van der Waals surface area contributed by atoms with Crippen LogP contribution in [0, 0.1) is 11.8 Å². The molecule has 2 fully saturated rings. The minimum Gasteiger partial charge on any atom is -0.300 e. The van der Waals surface area contributed by atoms with Crippen LogP contribution in [0.3, 0.4) is 0 Å². The normalized spacial score (nSPS) is 33.9. The Kier molecular flexibility index (Phi) is 4.87. The Hall–Kier alpha value is -0.330. The van der Waals surface area contributed by atoms with Crippen molar-refractivity contribution in [3.63, 3.8) is 0 Å². The molecule has 2 aliphatic rings. The zero-order valence-electron chi connectivity index (χ0n) is 10.5. The van der Waals surface area contributed by atoms with Gasteiger partial charge in [-0.3, -0.25) is 4.79 Å². The van der Waals surface area contributed by atoms with Gasteiger partial charge in [-0.15, -0.1) is 0 Å². The highest BCUT2D eigenvalue weighted by atomic mass is 16.1.